The topological polar surface area (TPSA) is 38.7 Å². The summed E-state index contributed by atoms with van der Waals surface area (Å²) in [5, 5.41) is 2.37. The van der Waals surface area contributed by atoms with E-state index in [4.69, 9.17) is 15.0 Å². The Hall–Kier alpha value is -8.53. The van der Waals surface area contributed by atoms with Gasteiger partial charge in [0.2, 0.25) is 0 Å². The molecule has 11 aromatic rings. The molecule has 10 aromatic carbocycles. The van der Waals surface area contributed by atoms with E-state index in [1.54, 1.807) is 0 Å². The molecule has 0 unspecified atom stereocenters. The fourth-order valence-electron chi connectivity index (χ4n) is 8.67. The van der Waals surface area contributed by atoms with E-state index in [0.717, 1.165) is 55.6 Å². The summed E-state index contributed by atoms with van der Waals surface area (Å²) in [6, 6.07) is 88.0. The van der Waals surface area contributed by atoms with Crippen LogP contribution in [0.3, 0.4) is 0 Å². The third kappa shape index (κ3) is 7.79. The molecule has 0 N–H and O–H groups in total. The molecule has 0 saturated heterocycles. The van der Waals surface area contributed by atoms with Gasteiger partial charge in [-0.15, -0.1) is 0 Å². The number of hydrogen-bond donors (Lipinski definition) is 0. The zero-order chi connectivity index (χ0) is 42.7. The highest BCUT2D eigenvalue weighted by molar-refractivity contribution is 6.01. The van der Waals surface area contributed by atoms with Gasteiger partial charge in [0.25, 0.3) is 0 Å². The van der Waals surface area contributed by atoms with Gasteiger partial charge in [0.05, 0.1) is 0 Å². The molecule has 0 aliphatic carbocycles. The minimum absolute atomic E-state index is 0.616. The molecule has 3 heteroatoms. The molecule has 0 atom stereocenters. The molecule has 0 spiro atoms. The molecule has 0 amide bonds. The lowest BCUT2D eigenvalue weighted by atomic mass is 9.89. The Labute approximate surface area is 373 Å². The lowest BCUT2D eigenvalue weighted by Crippen LogP contribution is -2.00. The Morgan fingerprint density at radius 1 is 0.188 bits per heavy atom. The van der Waals surface area contributed by atoms with E-state index < -0.39 is 0 Å². The maximum Gasteiger partial charge on any atom is 0.164 e. The second kappa shape index (κ2) is 17.1. The second-order valence-corrected chi connectivity index (χ2v) is 16.0. The predicted octanol–water partition coefficient (Wildman–Crippen LogP) is 16.0. The van der Waals surface area contributed by atoms with Crippen molar-refractivity contribution in [3.8, 4) is 101 Å². The summed E-state index contributed by atoms with van der Waals surface area (Å²) >= 11 is 0. The van der Waals surface area contributed by atoms with Gasteiger partial charge in [-0.2, -0.15) is 0 Å². The van der Waals surface area contributed by atoms with Gasteiger partial charge in [0.1, 0.15) is 0 Å². The van der Waals surface area contributed by atoms with Crippen LogP contribution in [-0.2, 0) is 0 Å². The van der Waals surface area contributed by atoms with Crippen molar-refractivity contribution in [2.75, 3.05) is 0 Å². The van der Waals surface area contributed by atoms with E-state index in [-0.39, 0.29) is 0 Å². The number of hydrogen-bond acceptors (Lipinski definition) is 3. The number of rotatable bonds is 9. The third-order valence-corrected chi connectivity index (χ3v) is 11.9. The van der Waals surface area contributed by atoms with Crippen molar-refractivity contribution >= 4 is 10.8 Å². The van der Waals surface area contributed by atoms with Gasteiger partial charge in [-0.3, -0.25) is 0 Å². The summed E-state index contributed by atoms with van der Waals surface area (Å²) in [6.07, 6.45) is 0. The van der Waals surface area contributed by atoms with Crippen molar-refractivity contribution in [1.29, 1.82) is 0 Å². The van der Waals surface area contributed by atoms with E-state index in [2.05, 4.69) is 224 Å². The van der Waals surface area contributed by atoms with E-state index in [9.17, 15) is 0 Å². The Bertz CT molecular complexity index is 3340. The first-order valence-electron chi connectivity index (χ1n) is 21.7. The van der Waals surface area contributed by atoms with Crippen LogP contribution < -0.4 is 0 Å². The van der Waals surface area contributed by atoms with Crippen molar-refractivity contribution in [2.45, 2.75) is 0 Å². The van der Waals surface area contributed by atoms with Gasteiger partial charge >= 0.3 is 0 Å². The zero-order valence-corrected chi connectivity index (χ0v) is 35.0. The van der Waals surface area contributed by atoms with Crippen LogP contribution >= 0.6 is 0 Å². The summed E-state index contributed by atoms with van der Waals surface area (Å²) in [4.78, 5) is 15.5. The third-order valence-electron chi connectivity index (χ3n) is 11.9. The second-order valence-electron chi connectivity index (χ2n) is 16.0. The molecule has 0 aliphatic heterocycles. The number of benzene rings is 10. The van der Waals surface area contributed by atoms with Crippen LogP contribution in [0, 0.1) is 0 Å². The van der Waals surface area contributed by atoms with Gasteiger partial charge in [-0.05, 0) is 108 Å². The molecule has 0 saturated carbocycles. The van der Waals surface area contributed by atoms with Crippen LogP contribution in [0.1, 0.15) is 0 Å². The summed E-state index contributed by atoms with van der Waals surface area (Å²) < 4.78 is 0. The molecule has 1 aromatic heterocycles. The van der Waals surface area contributed by atoms with Gasteiger partial charge in [-0.25, -0.2) is 15.0 Å². The maximum atomic E-state index is 5.21. The van der Waals surface area contributed by atoms with Crippen LogP contribution in [0.2, 0.25) is 0 Å². The fraction of sp³-hybridized carbons (Fsp3) is 0. The predicted molar refractivity (Wildman–Crippen MR) is 266 cm³/mol. The normalized spacial score (nSPS) is 11.1. The first kappa shape index (κ1) is 38.4. The summed E-state index contributed by atoms with van der Waals surface area (Å²) in [7, 11) is 0. The quantitative estimate of drug-likeness (QED) is 0.146. The highest BCUT2D eigenvalue weighted by atomic mass is 15.0. The molecular weight excluding hydrogens is 775 g/mol. The maximum absolute atomic E-state index is 5.21. The van der Waals surface area contributed by atoms with E-state index in [0.29, 0.717) is 17.5 Å². The minimum Gasteiger partial charge on any atom is -0.208 e. The molecule has 0 fully saturated rings. The molecule has 3 nitrogen and oxygen atoms in total. The largest absolute Gasteiger partial charge is 0.208 e. The molecule has 0 radical (unpaired) electrons. The number of fused-ring (bicyclic) bond motifs is 1. The Morgan fingerprint density at radius 3 is 1.16 bits per heavy atom. The van der Waals surface area contributed by atoms with E-state index in [1.807, 2.05) is 24.3 Å². The number of nitrogens with zero attached hydrogens (tertiary/aromatic N) is 3. The monoisotopic (exact) mass is 815 g/mol. The van der Waals surface area contributed by atoms with Crippen molar-refractivity contribution in [1.82, 2.24) is 15.0 Å². The number of aromatic nitrogens is 3. The first-order chi connectivity index (χ1) is 31.7. The molecular formula is C61H41N3. The molecule has 0 aliphatic rings. The van der Waals surface area contributed by atoms with Crippen molar-refractivity contribution in [2.24, 2.45) is 0 Å². The van der Waals surface area contributed by atoms with Crippen molar-refractivity contribution < 1.29 is 0 Å². The molecule has 64 heavy (non-hydrogen) atoms. The minimum atomic E-state index is 0.616. The van der Waals surface area contributed by atoms with Crippen LogP contribution in [0.25, 0.3) is 112 Å². The van der Waals surface area contributed by atoms with Crippen molar-refractivity contribution in [3.05, 3.63) is 249 Å². The average molecular weight is 816 g/mol. The Morgan fingerprint density at radius 2 is 0.562 bits per heavy atom. The lowest BCUT2D eigenvalue weighted by Gasteiger charge is -2.16. The van der Waals surface area contributed by atoms with Crippen LogP contribution in [0.4, 0.5) is 0 Å². The van der Waals surface area contributed by atoms with Crippen LogP contribution in [-0.4, -0.2) is 15.0 Å². The Kier molecular flexibility index (Phi) is 10.3. The lowest BCUT2D eigenvalue weighted by molar-refractivity contribution is 1.07. The SMILES string of the molecule is c1ccc(-c2cc(-c3ccccc3)cc(-c3ccc(-c4ccc(-c5nc(-c6ccccc6)nc(-c6cccc(-c7ccccc7)c6)n5)cc4-c4cccc5ccccc45)cc3)c2)cc1. The van der Waals surface area contributed by atoms with Gasteiger partial charge in [-0.1, -0.05) is 218 Å². The summed E-state index contributed by atoms with van der Waals surface area (Å²) in [6.45, 7) is 0. The molecule has 1 heterocycles. The Balaban J connectivity index is 1.05. The van der Waals surface area contributed by atoms with Gasteiger partial charge in [0, 0.05) is 16.7 Å². The highest BCUT2D eigenvalue weighted by Crippen LogP contribution is 2.41. The fourth-order valence-corrected chi connectivity index (χ4v) is 8.67. The standard InChI is InChI=1S/C61H41N3/c1-5-17-42(18-6-1)49-27-15-28-50(37-49)60-62-59(48-24-11-4-12-25-48)63-61(64-60)51-35-36-56(58(41-51)57-30-16-26-46-23-13-14-29-55(46)57)47-33-31-45(32-34-47)54-39-52(43-19-7-2-8-20-43)38-53(40-54)44-21-9-3-10-22-44/h1-41H. The summed E-state index contributed by atoms with van der Waals surface area (Å²) in [5.41, 5.74) is 16.6. The first-order valence-corrected chi connectivity index (χ1v) is 21.7. The van der Waals surface area contributed by atoms with Crippen LogP contribution in [0.5, 0.6) is 0 Å². The average Bonchev–Trinajstić information content (AvgIpc) is 3.39. The van der Waals surface area contributed by atoms with E-state index in [1.165, 1.54) is 38.6 Å². The van der Waals surface area contributed by atoms with Gasteiger partial charge in [0.15, 0.2) is 17.5 Å². The zero-order valence-electron chi connectivity index (χ0n) is 35.0. The summed E-state index contributed by atoms with van der Waals surface area (Å²) in [5.74, 6) is 1.87. The smallest absolute Gasteiger partial charge is 0.164 e. The van der Waals surface area contributed by atoms with Crippen molar-refractivity contribution in [3.63, 3.8) is 0 Å². The van der Waals surface area contributed by atoms with E-state index >= 15 is 0 Å². The highest BCUT2D eigenvalue weighted by Gasteiger charge is 2.18. The molecule has 300 valence electrons. The van der Waals surface area contributed by atoms with Gasteiger partial charge < -0.3 is 0 Å². The molecule has 0 bridgehead atoms. The van der Waals surface area contributed by atoms with Crippen LogP contribution in [0.15, 0.2) is 249 Å². The molecule has 11 rings (SSSR count).